The van der Waals surface area contributed by atoms with Crippen LogP contribution in [0, 0.1) is 5.82 Å². The molecule has 4 nitrogen and oxygen atoms in total. The highest BCUT2D eigenvalue weighted by atomic mass is 19.1. The van der Waals surface area contributed by atoms with Crippen LogP contribution in [-0.2, 0) is 4.79 Å². The van der Waals surface area contributed by atoms with E-state index in [1.807, 2.05) is 17.9 Å². The van der Waals surface area contributed by atoms with Gasteiger partial charge in [-0.15, -0.1) is 0 Å². The van der Waals surface area contributed by atoms with Crippen molar-refractivity contribution in [3.8, 4) is 0 Å². The fourth-order valence-electron chi connectivity index (χ4n) is 2.65. The average molecular weight is 266 g/mol. The lowest BCUT2D eigenvalue weighted by molar-refractivity contribution is -0.137. The molecule has 19 heavy (non-hydrogen) atoms. The lowest BCUT2D eigenvalue weighted by Crippen LogP contribution is -2.45. The van der Waals surface area contributed by atoms with E-state index in [0.717, 1.165) is 18.7 Å². The maximum absolute atomic E-state index is 13.4. The number of benzene rings is 1. The molecule has 0 amide bonds. The smallest absolute Gasteiger partial charge is 0.305 e. The lowest BCUT2D eigenvalue weighted by atomic mass is 10.1. The van der Waals surface area contributed by atoms with Crippen LogP contribution in [0.5, 0.6) is 0 Å². The van der Waals surface area contributed by atoms with Gasteiger partial charge in [0.2, 0.25) is 0 Å². The van der Waals surface area contributed by atoms with E-state index in [4.69, 9.17) is 5.11 Å². The van der Waals surface area contributed by atoms with Gasteiger partial charge in [-0.3, -0.25) is 4.79 Å². The van der Waals surface area contributed by atoms with Crippen molar-refractivity contribution in [1.29, 1.82) is 0 Å². The van der Waals surface area contributed by atoms with Crippen LogP contribution < -0.4 is 10.2 Å². The third-order valence-corrected chi connectivity index (χ3v) is 3.50. The Morgan fingerprint density at radius 2 is 2.37 bits per heavy atom. The van der Waals surface area contributed by atoms with Crippen molar-refractivity contribution in [3.05, 3.63) is 30.1 Å². The molecule has 2 atom stereocenters. The van der Waals surface area contributed by atoms with Gasteiger partial charge < -0.3 is 15.3 Å². The first-order valence-corrected chi connectivity index (χ1v) is 6.54. The van der Waals surface area contributed by atoms with Crippen LogP contribution in [0.25, 0.3) is 0 Å². The fourth-order valence-corrected chi connectivity index (χ4v) is 2.65. The third-order valence-electron chi connectivity index (χ3n) is 3.50. The van der Waals surface area contributed by atoms with Gasteiger partial charge in [-0.25, -0.2) is 4.39 Å². The van der Waals surface area contributed by atoms with E-state index in [-0.39, 0.29) is 24.3 Å². The number of carboxylic acid groups (broad SMARTS) is 1. The van der Waals surface area contributed by atoms with Crippen molar-refractivity contribution >= 4 is 11.7 Å². The van der Waals surface area contributed by atoms with Crippen molar-refractivity contribution < 1.29 is 14.3 Å². The van der Waals surface area contributed by atoms with Crippen LogP contribution in [0.15, 0.2) is 24.3 Å². The number of carboxylic acids is 1. The molecule has 0 aromatic heterocycles. The first-order valence-electron chi connectivity index (χ1n) is 6.54. The summed E-state index contributed by atoms with van der Waals surface area (Å²) in [5.74, 6) is -1.13. The summed E-state index contributed by atoms with van der Waals surface area (Å²) in [4.78, 5) is 13.0. The summed E-state index contributed by atoms with van der Waals surface area (Å²) in [5, 5.41) is 12.3. The molecule has 0 spiro atoms. The number of nitrogens with one attached hydrogen (secondary N) is 1. The second kappa shape index (κ2) is 6.02. The Balaban J connectivity index is 2.30. The second-order valence-corrected chi connectivity index (χ2v) is 4.98. The standard InChI is InChI=1S/C14H19FN2O2/c1-10-5-6-16-9-13(8-14(18)19)17(10)12-4-2-3-11(15)7-12/h2-4,7,10,13,16H,5-6,8-9H2,1H3,(H,18,19). The summed E-state index contributed by atoms with van der Waals surface area (Å²) in [6, 6.07) is 6.39. The Morgan fingerprint density at radius 1 is 1.58 bits per heavy atom. The molecule has 1 aromatic carbocycles. The zero-order valence-electron chi connectivity index (χ0n) is 11.0. The van der Waals surface area contributed by atoms with Gasteiger partial charge in [0.05, 0.1) is 12.5 Å². The molecule has 0 radical (unpaired) electrons. The van der Waals surface area contributed by atoms with E-state index in [0.29, 0.717) is 6.54 Å². The SMILES string of the molecule is CC1CCNCC(CC(=O)O)N1c1cccc(F)c1. The Kier molecular flexibility index (Phi) is 4.37. The van der Waals surface area contributed by atoms with Crippen LogP contribution >= 0.6 is 0 Å². The maximum atomic E-state index is 13.4. The van der Waals surface area contributed by atoms with E-state index >= 15 is 0 Å². The van der Waals surface area contributed by atoms with Crippen LogP contribution in [0.4, 0.5) is 10.1 Å². The first kappa shape index (κ1) is 13.8. The molecule has 104 valence electrons. The van der Waals surface area contributed by atoms with Gasteiger partial charge in [-0.2, -0.15) is 0 Å². The second-order valence-electron chi connectivity index (χ2n) is 4.98. The van der Waals surface area contributed by atoms with Crippen LogP contribution in [0.1, 0.15) is 19.8 Å². The molecular weight excluding hydrogens is 247 g/mol. The Hall–Kier alpha value is -1.62. The van der Waals surface area contributed by atoms with Gasteiger partial charge in [0.15, 0.2) is 0 Å². The highest BCUT2D eigenvalue weighted by molar-refractivity contribution is 5.68. The van der Waals surface area contributed by atoms with Crippen LogP contribution in [-0.4, -0.2) is 36.2 Å². The zero-order valence-corrected chi connectivity index (χ0v) is 11.0. The van der Waals surface area contributed by atoms with E-state index in [1.165, 1.54) is 12.1 Å². The minimum Gasteiger partial charge on any atom is -0.481 e. The summed E-state index contributed by atoms with van der Waals surface area (Å²) in [6.45, 7) is 3.50. The molecule has 2 unspecified atom stereocenters. The van der Waals surface area contributed by atoms with Gasteiger partial charge >= 0.3 is 5.97 Å². The van der Waals surface area contributed by atoms with E-state index in [2.05, 4.69) is 5.32 Å². The highest BCUT2D eigenvalue weighted by Crippen LogP contribution is 2.25. The van der Waals surface area contributed by atoms with Gasteiger partial charge in [0, 0.05) is 18.3 Å². The highest BCUT2D eigenvalue weighted by Gasteiger charge is 2.28. The summed E-state index contributed by atoms with van der Waals surface area (Å²) >= 11 is 0. The average Bonchev–Trinajstić information content (AvgIpc) is 2.50. The molecule has 1 aromatic rings. The summed E-state index contributed by atoms with van der Waals surface area (Å²) in [7, 11) is 0. The predicted octanol–water partition coefficient (Wildman–Crippen LogP) is 1.86. The fraction of sp³-hybridized carbons (Fsp3) is 0.500. The third kappa shape index (κ3) is 3.44. The molecule has 0 saturated carbocycles. The summed E-state index contributed by atoms with van der Waals surface area (Å²) < 4.78 is 13.4. The minimum absolute atomic E-state index is 0.0495. The van der Waals surface area contributed by atoms with Crippen molar-refractivity contribution in [2.24, 2.45) is 0 Å². The number of nitrogens with zero attached hydrogens (tertiary/aromatic N) is 1. The number of halogens is 1. The van der Waals surface area contributed by atoms with Crippen molar-refractivity contribution in [3.63, 3.8) is 0 Å². The molecule has 2 rings (SSSR count). The molecule has 5 heteroatoms. The molecule has 1 aliphatic rings. The van der Waals surface area contributed by atoms with Crippen molar-refractivity contribution in [2.45, 2.75) is 31.8 Å². The van der Waals surface area contributed by atoms with Crippen LogP contribution in [0.2, 0.25) is 0 Å². The minimum atomic E-state index is -0.831. The summed E-state index contributed by atoms with van der Waals surface area (Å²) in [5.41, 5.74) is 0.752. The Labute approximate surface area is 112 Å². The van der Waals surface area contributed by atoms with Gasteiger partial charge in [-0.05, 0) is 38.1 Å². The maximum Gasteiger partial charge on any atom is 0.305 e. The number of anilines is 1. The molecular formula is C14H19FN2O2. The monoisotopic (exact) mass is 266 g/mol. The van der Waals surface area contributed by atoms with Crippen LogP contribution in [0.3, 0.4) is 0 Å². The Morgan fingerprint density at radius 3 is 3.05 bits per heavy atom. The molecule has 1 aliphatic heterocycles. The quantitative estimate of drug-likeness (QED) is 0.876. The van der Waals surface area contributed by atoms with Crippen molar-refractivity contribution in [2.75, 3.05) is 18.0 Å². The topological polar surface area (TPSA) is 52.6 Å². The number of hydrogen-bond acceptors (Lipinski definition) is 3. The first-order chi connectivity index (χ1) is 9.08. The number of rotatable bonds is 3. The molecule has 1 heterocycles. The number of aliphatic carboxylic acids is 1. The summed E-state index contributed by atoms with van der Waals surface area (Å²) in [6.07, 6.45) is 0.959. The van der Waals surface area contributed by atoms with E-state index < -0.39 is 5.97 Å². The van der Waals surface area contributed by atoms with Gasteiger partial charge in [-0.1, -0.05) is 6.07 Å². The van der Waals surface area contributed by atoms with E-state index in [9.17, 15) is 9.18 Å². The zero-order chi connectivity index (χ0) is 13.8. The molecule has 2 N–H and O–H groups in total. The lowest BCUT2D eigenvalue weighted by Gasteiger charge is -2.36. The number of carbonyl (C=O) groups is 1. The van der Waals surface area contributed by atoms with Gasteiger partial charge in [0.25, 0.3) is 0 Å². The van der Waals surface area contributed by atoms with Gasteiger partial charge in [0.1, 0.15) is 5.82 Å². The normalized spacial score (nSPS) is 24.0. The molecule has 0 aliphatic carbocycles. The molecule has 1 saturated heterocycles. The predicted molar refractivity (Wildman–Crippen MR) is 71.9 cm³/mol. The molecule has 0 bridgehead atoms. The largest absolute Gasteiger partial charge is 0.481 e. The van der Waals surface area contributed by atoms with Crippen molar-refractivity contribution in [1.82, 2.24) is 5.32 Å². The molecule has 1 fully saturated rings. The Bertz CT molecular complexity index is 453. The number of hydrogen-bond donors (Lipinski definition) is 2. The van der Waals surface area contributed by atoms with E-state index in [1.54, 1.807) is 6.07 Å².